The second kappa shape index (κ2) is 7.23. The molecule has 2 aromatic carbocycles. The normalized spacial score (nSPS) is 10.9. The molecule has 2 nitrogen and oxygen atoms in total. The van der Waals surface area contributed by atoms with E-state index in [0.717, 1.165) is 23.4 Å². The third kappa shape index (κ3) is 4.87. The van der Waals surface area contributed by atoms with Crippen molar-refractivity contribution in [2.24, 2.45) is 0 Å². The number of benzene rings is 2. The van der Waals surface area contributed by atoms with Crippen LogP contribution in [0.1, 0.15) is 30.5 Å². The molecule has 21 heavy (non-hydrogen) atoms. The van der Waals surface area contributed by atoms with Crippen LogP contribution in [0.15, 0.2) is 42.5 Å². The average Bonchev–Trinajstić information content (AvgIpc) is 2.45. The van der Waals surface area contributed by atoms with Crippen LogP contribution in [0.5, 0.6) is 5.75 Å². The van der Waals surface area contributed by atoms with Gasteiger partial charge in [0.1, 0.15) is 18.2 Å². The highest BCUT2D eigenvalue weighted by Crippen LogP contribution is 2.16. The van der Waals surface area contributed by atoms with E-state index >= 15 is 0 Å². The Balaban J connectivity index is 1.91. The summed E-state index contributed by atoms with van der Waals surface area (Å²) in [7, 11) is 0. The van der Waals surface area contributed by atoms with Crippen LogP contribution in [-0.4, -0.2) is 6.04 Å². The first-order valence-corrected chi connectivity index (χ1v) is 7.25. The summed E-state index contributed by atoms with van der Waals surface area (Å²) in [5, 5.41) is 3.38. The lowest BCUT2D eigenvalue weighted by atomic mass is 10.1. The monoisotopic (exact) mass is 287 g/mol. The van der Waals surface area contributed by atoms with Gasteiger partial charge in [-0.05, 0) is 47.9 Å². The molecule has 0 aliphatic heterocycles. The first-order chi connectivity index (χ1) is 10.0. The third-order valence-electron chi connectivity index (χ3n) is 3.34. The number of hydrogen-bond donors (Lipinski definition) is 1. The van der Waals surface area contributed by atoms with Crippen molar-refractivity contribution in [1.82, 2.24) is 5.32 Å². The molecular formula is C18H22FNO. The van der Waals surface area contributed by atoms with E-state index in [2.05, 4.69) is 31.3 Å². The Labute approximate surface area is 126 Å². The van der Waals surface area contributed by atoms with E-state index in [9.17, 15) is 4.39 Å². The molecule has 0 aliphatic carbocycles. The third-order valence-corrected chi connectivity index (χ3v) is 3.34. The van der Waals surface area contributed by atoms with Crippen molar-refractivity contribution in [1.29, 1.82) is 0 Å². The molecule has 0 saturated carbocycles. The van der Waals surface area contributed by atoms with E-state index in [1.807, 2.05) is 19.1 Å². The quantitative estimate of drug-likeness (QED) is 0.859. The first-order valence-electron chi connectivity index (χ1n) is 7.25. The van der Waals surface area contributed by atoms with Gasteiger partial charge in [0.2, 0.25) is 0 Å². The second-order valence-electron chi connectivity index (χ2n) is 5.54. The summed E-state index contributed by atoms with van der Waals surface area (Å²) in [5.41, 5.74) is 3.14. The summed E-state index contributed by atoms with van der Waals surface area (Å²) in [6.07, 6.45) is 0. The molecule has 0 spiro atoms. The predicted octanol–water partition coefficient (Wildman–Crippen LogP) is 4.21. The zero-order valence-electron chi connectivity index (χ0n) is 12.8. The molecule has 0 aromatic heterocycles. The zero-order chi connectivity index (χ0) is 15.2. The summed E-state index contributed by atoms with van der Waals surface area (Å²) in [5.74, 6) is 0.616. The van der Waals surface area contributed by atoms with Gasteiger partial charge in [-0.1, -0.05) is 32.0 Å². The van der Waals surface area contributed by atoms with Gasteiger partial charge in [0.15, 0.2) is 0 Å². The molecule has 0 radical (unpaired) electrons. The molecule has 0 bridgehead atoms. The highest BCUT2D eigenvalue weighted by atomic mass is 19.1. The molecule has 0 unspecified atom stereocenters. The smallest absolute Gasteiger partial charge is 0.123 e. The van der Waals surface area contributed by atoms with Gasteiger partial charge in [0, 0.05) is 12.6 Å². The molecule has 0 saturated heterocycles. The Morgan fingerprint density at radius 1 is 1.10 bits per heavy atom. The minimum atomic E-state index is -0.210. The van der Waals surface area contributed by atoms with Crippen molar-refractivity contribution in [2.45, 2.75) is 40.0 Å². The van der Waals surface area contributed by atoms with E-state index in [1.54, 1.807) is 6.07 Å². The van der Waals surface area contributed by atoms with Crippen molar-refractivity contribution in [3.05, 3.63) is 65.0 Å². The van der Waals surface area contributed by atoms with E-state index < -0.39 is 0 Å². The highest BCUT2D eigenvalue weighted by molar-refractivity contribution is 5.29. The molecule has 0 fully saturated rings. The van der Waals surface area contributed by atoms with E-state index in [4.69, 9.17) is 4.74 Å². The van der Waals surface area contributed by atoms with Crippen LogP contribution in [0.4, 0.5) is 4.39 Å². The Bertz CT molecular complexity index is 578. The Morgan fingerprint density at radius 3 is 2.43 bits per heavy atom. The van der Waals surface area contributed by atoms with Gasteiger partial charge < -0.3 is 10.1 Å². The lowest BCUT2D eigenvalue weighted by Gasteiger charge is -2.11. The van der Waals surface area contributed by atoms with Gasteiger partial charge in [-0.25, -0.2) is 4.39 Å². The number of ether oxygens (including phenoxy) is 1. The van der Waals surface area contributed by atoms with Gasteiger partial charge in [-0.15, -0.1) is 0 Å². The Kier molecular flexibility index (Phi) is 5.34. The SMILES string of the molecule is Cc1cc(F)ccc1COc1ccc(CNC(C)C)cc1. The largest absolute Gasteiger partial charge is 0.489 e. The molecule has 0 atom stereocenters. The topological polar surface area (TPSA) is 21.3 Å². The van der Waals surface area contributed by atoms with Crippen LogP contribution in [-0.2, 0) is 13.2 Å². The standard InChI is InChI=1S/C18H22FNO/c1-13(2)20-11-15-4-8-18(9-5-15)21-12-16-6-7-17(19)10-14(16)3/h4-10,13,20H,11-12H2,1-3H3. The first kappa shape index (κ1) is 15.5. The summed E-state index contributed by atoms with van der Waals surface area (Å²) in [4.78, 5) is 0. The molecule has 1 N–H and O–H groups in total. The van der Waals surface area contributed by atoms with Crippen LogP contribution >= 0.6 is 0 Å². The highest BCUT2D eigenvalue weighted by Gasteiger charge is 2.02. The van der Waals surface area contributed by atoms with E-state index in [1.165, 1.54) is 17.7 Å². The van der Waals surface area contributed by atoms with Gasteiger partial charge >= 0.3 is 0 Å². The fourth-order valence-corrected chi connectivity index (χ4v) is 2.01. The lowest BCUT2D eigenvalue weighted by molar-refractivity contribution is 0.305. The van der Waals surface area contributed by atoms with Crippen LogP contribution in [0.3, 0.4) is 0 Å². The van der Waals surface area contributed by atoms with Crippen LogP contribution in [0.2, 0.25) is 0 Å². The van der Waals surface area contributed by atoms with Gasteiger partial charge in [0.05, 0.1) is 0 Å². The summed E-state index contributed by atoms with van der Waals surface area (Å²) in [6, 6.07) is 13.3. The second-order valence-corrected chi connectivity index (χ2v) is 5.54. The maximum Gasteiger partial charge on any atom is 0.123 e. The maximum absolute atomic E-state index is 13.0. The average molecular weight is 287 g/mol. The van der Waals surface area contributed by atoms with Crippen molar-refractivity contribution in [3.63, 3.8) is 0 Å². The number of hydrogen-bond acceptors (Lipinski definition) is 2. The van der Waals surface area contributed by atoms with Crippen LogP contribution < -0.4 is 10.1 Å². The maximum atomic E-state index is 13.0. The molecule has 3 heteroatoms. The molecule has 0 amide bonds. The molecule has 2 rings (SSSR count). The fourth-order valence-electron chi connectivity index (χ4n) is 2.01. The zero-order valence-corrected chi connectivity index (χ0v) is 12.8. The van der Waals surface area contributed by atoms with Crippen LogP contribution in [0.25, 0.3) is 0 Å². The summed E-state index contributed by atoms with van der Waals surface area (Å²) in [6.45, 7) is 7.46. The Hall–Kier alpha value is -1.87. The number of aryl methyl sites for hydroxylation is 1. The van der Waals surface area contributed by atoms with E-state index in [-0.39, 0.29) is 5.82 Å². The van der Waals surface area contributed by atoms with Crippen molar-refractivity contribution < 1.29 is 9.13 Å². The number of nitrogens with one attached hydrogen (secondary N) is 1. The minimum Gasteiger partial charge on any atom is -0.489 e. The minimum absolute atomic E-state index is 0.210. The van der Waals surface area contributed by atoms with Gasteiger partial charge in [-0.2, -0.15) is 0 Å². The van der Waals surface area contributed by atoms with E-state index in [0.29, 0.717) is 12.6 Å². The molecule has 2 aromatic rings. The van der Waals surface area contributed by atoms with Crippen LogP contribution in [0, 0.1) is 12.7 Å². The predicted molar refractivity (Wildman–Crippen MR) is 83.9 cm³/mol. The van der Waals surface area contributed by atoms with Gasteiger partial charge in [0.25, 0.3) is 0 Å². The van der Waals surface area contributed by atoms with Crippen molar-refractivity contribution in [3.8, 4) is 5.75 Å². The number of halogens is 1. The van der Waals surface area contributed by atoms with Crippen molar-refractivity contribution >= 4 is 0 Å². The van der Waals surface area contributed by atoms with Crippen molar-refractivity contribution in [2.75, 3.05) is 0 Å². The lowest BCUT2D eigenvalue weighted by Crippen LogP contribution is -2.21. The summed E-state index contributed by atoms with van der Waals surface area (Å²) >= 11 is 0. The molecule has 112 valence electrons. The Morgan fingerprint density at radius 2 is 1.81 bits per heavy atom. The summed E-state index contributed by atoms with van der Waals surface area (Å²) < 4.78 is 18.8. The fraction of sp³-hybridized carbons (Fsp3) is 0.333. The van der Waals surface area contributed by atoms with Gasteiger partial charge in [-0.3, -0.25) is 0 Å². The molecule has 0 aliphatic rings. The molecule has 0 heterocycles. The molecular weight excluding hydrogens is 265 g/mol. The number of rotatable bonds is 6.